The maximum absolute atomic E-state index is 12.7. The molecule has 2 amide bonds. The van der Waals surface area contributed by atoms with Crippen LogP contribution >= 0.6 is 0 Å². The van der Waals surface area contributed by atoms with E-state index in [1.54, 1.807) is 12.1 Å². The van der Waals surface area contributed by atoms with E-state index in [9.17, 15) is 18.0 Å². The number of amides is 2. The molecule has 2 atom stereocenters. The van der Waals surface area contributed by atoms with Crippen LogP contribution in [0.3, 0.4) is 0 Å². The van der Waals surface area contributed by atoms with Gasteiger partial charge in [0.2, 0.25) is 21.8 Å². The summed E-state index contributed by atoms with van der Waals surface area (Å²) in [6.45, 7) is 3.83. The summed E-state index contributed by atoms with van der Waals surface area (Å²) in [7, 11) is -3.63. The van der Waals surface area contributed by atoms with E-state index >= 15 is 0 Å². The van der Waals surface area contributed by atoms with Gasteiger partial charge in [0.05, 0.1) is 10.9 Å². The maximum atomic E-state index is 12.7. The van der Waals surface area contributed by atoms with E-state index in [4.69, 9.17) is 0 Å². The van der Waals surface area contributed by atoms with Crippen LogP contribution in [0.25, 0.3) is 0 Å². The first-order chi connectivity index (χ1) is 14.4. The summed E-state index contributed by atoms with van der Waals surface area (Å²) in [6, 6.07) is 15.9. The van der Waals surface area contributed by atoms with Crippen LogP contribution in [-0.2, 0) is 19.6 Å². The van der Waals surface area contributed by atoms with Crippen LogP contribution in [0.4, 0.5) is 5.69 Å². The van der Waals surface area contributed by atoms with Gasteiger partial charge in [0, 0.05) is 24.7 Å². The Morgan fingerprint density at radius 2 is 1.70 bits per heavy atom. The molecule has 0 radical (unpaired) electrons. The number of benzene rings is 2. The number of nitrogens with zero attached hydrogens (tertiary/aromatic N) is 1. The van der Waals surface area contributed by atoms with Crippen LogP contribution in [0, 0.1) is 5.92 Å². The first-order valence-electron chi connectivity index (χ1n) is 9.77. The number of nitrogens with one attached hydrogen (secondary N) is 2. The molecular formula is C22H23N3O4S. The van der Waals surface area contributed by atoms with Crippen LogP contribution in [-0.4, -0.2) is 43.7 Å². The van der Waals surface area contributed by atoms with Gasteiger partial charge in [0.25, 0.3) is 0 Å². The highest BCUT2D eigenvalue weighted by atomic mass is 32.2. The molecular weight excluding hydrogens is 402 g/mol. The molecule has 4 rings (SSSR count). The predicted octanol–water partition coefficient (Wildman–Crippen LogP) is 2.10. The minimum absolute atomic E-state index is 0.0528. The molecule has 2 aromatic carbocycles. The molecule has 2 fully saturated rings. The van der Waals surface area contributed by atoms with Crippen molar-refractivity contribution >= 4 is 27.5 Å². The molecule has 2 unspecified atom stereocenters. The van der Waals surface area contributed by atoms with Crippen molar-refractivity contribution < 1.29 is 18.0 Å². The van der Waals surface area contributed by atoms with Crippen molar-refractivity contribution in [1.82, 2.24) is 9.62 Å². The molecule has 1 aliphatic heterocycles. The predicted molar refractivity (Wildman–Crippen MR) is 113 cm³/mol. The van der Waals surface area contributed by atoms with Crippen LogP contribution in [0.15, 0.2) is 72.1 Å². The maximum Gasteiger partial charge on any atom is 0.243 e. The van der Waals surface area contributed by atoms with Crippen molar-refractivity contribution in [3.63, 3.8) is 0 Å². The van der Waals surface area contributed by atoms with Gasteiger partial charge < -0.3 is 10.6 Å². The van der Waals surface area contributed by atoms with Gasteiger partial charge >= 0.3 is 0 Å². The average molecular weight is 426 g/mol. The number of rotatable bonds is 7. The Labute approximate surface area is 175 Å². The highest BCUT2D eigenvalue weighted by Gasteiger charge is 2.44. The monoisotopic (exact) mass is 425 g/mol. The summed E-state index contributed by atoms with van der Waals surface area (Å²) in [5.74, 6) is -0.184. The summed E-state index contributed by atoms with van der Waals surface area (Å²) >= 11 is 0. The van der Waals surface area contributed by atoms with E-state index in [1.165, 1.54) is 16.4 Å². The van der Waals surface area contributed by atoms with Crippen LogP contribution in [0.5, 0.6) is 0 Å². The van der Waals surface area contributed by atoms with Crippen molar-refractivity contribution in [1.29, 1.82) is 0 Å². The molecule has 156 valence electrons. The number of carbonyl (C=O) groups excluding carboxylic acids is 2. The molecule has 30 heavy (non-hydrogen) atoms. The smallest absolute Gasteiger partial charge is 0.243 e. The number of anilines is 1. The summed E-state index contributed by atoms with van der Waals surface area (Å²) in [5, 5.41) is 5.54. The van der Waals surface area contributed by atoms with Crippen molar-refractivity contribution in [3.8, 4) is 0 Å². The third kappa shape index (κ3) is 4.15. The average Bonchev–Trinajstić information content (AvgIpc) is 3.52. The van der Waals surface area contributed by atoms with Gasteiger partial charge in [-0.2, -0.15) is 4.31 Å². The summed E-state index contributed by atoms with van der Waals surface area (Å²) in [5.41, 5.74) is 1.73. The fourth-order valence-corrected chi connectivity index (χ4v) is 5.16. The number of carbonyl (C=O) groups is 2. The fraction of sp³-hybridized carbons (Fsp3) is 0.273. The Bertz CT molecular complexity index is 1060. The van der Waals surface area contributed by atoms with Crippen LogP contribution in [0.1, 0.15) is 17.9 Å². The van der Waals surface area contributed by atoms with Gasteiger partial charge in [0.1, 0.15) is 0 Å². The molecule has 1 saturated heterocycles. The van der Waals surface area contributed by atoms with Crippen molar-refractivity contribution in [2.24, 2.45) is 5.92 Å². The SMILES string of the molecule is C=CC(=O)NC1CN(S(=O)(=O)c2ccc(NC(=O)C3CC3c3ccccc3)cc2)C1. The summed E-state index contributed by atoms with van der Waals surface area (Å²) in [4.78, 5) is 23.9. The van der Waals surface area contributed by atoms with E-state index in [0.717, 1.165) is 18.1 Å². The molecule has 1 saturated carbocycles. The van der Waals surface area contributed by atoms with Crippen molar-refractivity contribution in [2.75, 3.05) is 18.4 Å². The van der Waals surface area contributed by atoms with E-state index in [-0.39, 0.29) is 47.7 Å². The van der Waals surface area contributed by atoms with Gasteiger partial charge in [-0.25, -0.2) is 8.42 Å². The molecule has 1 aliphatic carbocycles. The van der Waals surface area contributed by atoms with Gasteiger partial charge in [-0.15, -0.1) is 0 Å². The first-order valence-corrected chi connectivity index (χ1v) is 11.2. The second kappa shape index (κ2) is 8.04. The lowest BCUT2D eigenvalue weighted by Gasteiger charge is -2.38. The topological polar surface area (TPSA) is 95.6 Å². The lowest BCUT2D eigenvalue weighted by Crippen LogP contribution is -2.60. The molecule has 2 N–H and O–H groups in total. The normalized spacial score (nSPS) is 21.3. The van der Waals surface area contributed by atoms with Gasteiger partial charge in [0.15, 0.2) is 0 Å². The second-order valence-electron chi connectivity index (χ2n) is 7.60. The minimum atomic E-state index is -3.63. The fourth-order valence-electron chi connectivity index (χ4n) is 3.63. The van der Waals surface area contributed by atoms with Gasteiger partial charge in [-0.3, -0.25) is 9.59 Å². The Morgan fingerprint density at radius 3 is 2.33 bits per heavy atom. The van der Waals surface area contributed by atoms with E-state index in [0.29, 0.717) is 5.69 Å². The molecule has 2 aliphatic rings. The zero-order valence-electron chi connectivity index (χ0n) is 16.3. The number of hydrogen-bond acceptors (Lipinski definition) is 4. The lowest BCUT2D eigenvalue weighted by molar-refractivity contribution is -0.118. The first kappa shape index (κ1) is 20.3. The molecule has 1 heterocycles. The lowest BCUT2D eigenvalue weighted by atomic mass is 10.1. The summed E-state index contributed by atoms with van der Waals surface area (Å²) in [6.07, 6.45) is 1.98. The molecule has 0 bridgehead atoms. The number of hydrogen-bond donors (Lipinski definition) is 2. The zero-order chi connectivity index (χ0) is 21.3. The molecule has 7 nitrogen and oxygen atoms in total. The molecule has 0 aromatic heterocycles. The highest BCUT2D eigenvalue weighted by Crippen LogP contribution is 2.47. The minimum Gasteiger partial charge on any atom is -0.347 e. The second-order valence-corrected chi connectivity index (χ2v) is 9.54. The third-order valence-corrected chi connectivity index (χ3v) is 7.34. The summed E-state index contributed by atoms with van der Waals surface area (Å²) < 4.78 is 26.7. The molecule has 8 heteroatoms. The largest absolute Gasteiger partial charge is 0.347 e. The van der Waals surface area contributed by atoms with Gasteiger partial charge in [-0.05, 0) is 48.2 Å². The highest BCUT2D eigenvalue weighted by molar-refractivity contribution is 7.89. The van der Waals surface area contributed by atoms with Crippen LogP contribution < -0.4 is 10.6 Å². The number of sulfonamides is 1. The molecule has 2 aromatic rings. The Kier molecular flexibility index (Phi) is 5.44. The van der Waals surface area contributed by atoms with E-state index < -0.39 is 10.0 Å². The van der Waals surface area contributed by atoms with E-state index in [2.05, 4.69) is 17.2 Å². The zero-order valence-corrected chi connectivity index (χ0v) is 17.1. The third-order valence-electron chi connectivity index (χ3n) is 5.49. The quantitative estimate of drug-likeness (QED) is 0.664. The van der Waals surface area contributed by atoms with E-state index in [1.807, 2.05) is 30.3 Å². The Hall–Kier alpha value is -2.97. The Balaban J connectivity index is 1.33. The van der Waals surface area contributed by atoms with Crippen molar-refractivity contribution in [3.05, 3.63) is 72.8 Å². The van der Waals surface area contributed by atoms with Crippen LogP contribution in [0.2, 0.25) is 0 Å². The standard InChI is InChI=1S/C22H23N3O4S/c1-2-21(26)23-17-13-25(14-17)30(28,29)18-10-8-16(9-11-18)24-22(27)20-12-19(20)15-6-4-3-5-7-15/h2-11,17,19-20H,1,12-14H2,(H,23,26)(H,24,27). The molecule has 0 spiro atoms. The van der Waals surface area contributed by atoms with Gasteiger partial charge in [-0.1, -0.05) is 36.9 Å². The Morgan fingerprint density at radius 1 is 1.03 bits per heavy atom. The van der Waals surface area contributed by atoms with Crippen molar-refractivity contribution in [2.45, 2.75) is 23.3 Å².